The van der Waals surface area contributed by atoms with Gasteiger partial charge in [0.15, 0.2) is 5.96 Å². The molecule has 0 saturated carbocycles. The fourth-order valence-electron chi connectivity index (χ4n) is 1.82. The van der Waals surface area contributed by atoms with Gasteiger partial charge in [0.1, 0.15) is 11.6 Å². The molecule has 116 valence electrons. The molecular weight excluding hydrogens is 286 g/mol. The average Bonchev–Trinajstić information content (AvgIpc) is 2.53. The van der Waals surface area contributed by atoms with Crippen molar-refractivity contribution in [3.63, 3.8) is 0 Å². The number of aliphatic imine (C=N–C) groups is 1. The van der Waals surface area contributed by atoms with Crippen LogP contribution in [0.15, 0.2) is 47.6 Å². The first-order valence-electron chi connectivity index (χ1n) is 7.05. The quantitative estimate of drug-likeness (QED) is 0.659. The second kappa shape index (κ2) is 8.07. The zero-order chi connectivity index (χ0) is 15.8. The van der Waals surface area contributed by atoms with E-state index >= 15 is 0 Å². The Morgan fingerprint density at radius 2 is 1.91 bits per heavy atom. The first kappa shape index (κ1) is 15.9. The van der Waals surface area contributed by atoms with Crippen LogP contribution >= 0.6 is 0 Å². The van der Waals surface area contributed by atoms with E-state index in [-0.39, 0.29) is 18.2 Å². The lowest BCUT2D eigenvalue weighted by Crippen LogP contribution is -2.37. The van der Waals surface area contributed by atoms with Crippen molar-refractivity contribution in [2.75, 3.05) is 6.54 Å². The molecule has 0 radical (unpaired) electrons. The molecule has 0 unspecified atom stereocenters. The van der Waals surface area contributed by atoms with Crippen molar-refractivity contribution < 1.29 is 8.78 Å². The van der Waals surface area contributed by atoms with E-state index < -0.39 is 0 Å². The van der Waals surface area contributed by atoms with Crippen LogP contribution < -0.4 is 10.6 Å². The van der Waals surface area contributed by atoms with Crippen molar-refractivity contribution >= 4 is 5.96 Å². The Kier molecular flexibility index (Phi) is 5.82. The highest BCUT2D eigenvalue weighted by Crippen LogP contribution is 2.04. The van der Waals surface area contributed by atoms with Gasteiger partial charge in [-0.3, -0.25) is 4.98 Å². The monoisotopic (exact) mass is 304 g/mol. The summed E-state index contributed by atoms with van der Waals surface area (Å²) in [7, 11) is 0. The number of halogens is 2. The topological polar surface area (TPSA) is 49.3 Å². The Balaban J connectivity index is 1.98. The molecule has 2 rings (SSSR count). The Bertz CT molecular complexity index is 626. The van der Waals surface area contributed by atoms with Crippen LogP contribution in [0.1, 0.15) is 18.2 Å². The highest BCUT2D eigenvalue weighted by Gasteiger charge is 2.04. The maximum absolute atomic E-state index is 13.5. The summed E-state index contributed by atoms with van der Waals surface area (Å²) in [6, 6.07) is 9.07. The Labute approximate surface area is 128 Å². The molecule has 0 aliphatic heterocycles. The fourth-order valence-corrected chi connectivity index (χ4v) is 1.82. The molecule has 0 spiro atoms. The van der Waals surface area contributed by atoms with Crippen LogP contribution in [0.5, 0.6) is 0 Å². The van der Waals surface area contributed by atoms with Crippen LogP contribution in [0, 0.1) is 11.6 Å². The maximum Gasteiger partial charge on any atom is 0.191 e. The SMILES string of the molecule is CCNC(=NCc1ccc(F)cc1)NCc1ncccc1F. The van der Waals surface area contributed by atoms with Crippen LogP contribution in [0.25, 0.3) is 0 Å². The first-order chi connectivity index (χ1) is 10.7. The van der Waals surface area contributed by atoms with Gasteiger partial charge in [0.2, 0.25) is 0 Å². The van der Waals surface area contributed by atoms with E-state index in [1.807, 2.05) is 6.92 Å². The smallest absolute Gasteiger partial charge is 0.191 e. The summed E-state index contributed by atoms with van der Waals surface area (Å²) >= 11 is 0. The van der Waals surface area contributed by atoms with Crippen LogP contribution in [-0.4, -0.2) is 17.5 Å². The molecule has 6 heteroatoms. The van der Waals surface area contributed by atoms with E-state index in [2.05, 4.69) is 20.6 Å². The van der Waals surface area contributed by atoms with E-state index in [1.165, 1.54) is 18.2 Å². The van der Waals surface area contributed by atoms with Crippen LogP contribution in [0.3, 0.4) is 0 Å². The number of pyridine rings is 1. The third-order valence-electron chi connectivity index (χ3n) is 2.94. The lowest BCUT2D eigenvalue weighted by atomic mass is 10.2. The summed E-state index contributed by atoms with van der Waals surface area (Å²) in [6.07, 6.45) is 1.54. The van der Waals surface area contributed by atoms with Crippen molar-refractivity contribution in [3.8, 4) is 0 Å². The van der Waals surface area contributed by atoms with Gasteiger partial charge >= 0.3 is 0 Å². The van der Waals surface area contributed by atoms with Crippen LogP contribution in [-0.2, 0) is 13.1 Å². The second-order valence-corrected chi connectivity index (χ2v) is 4.61. The van der Waals surface area contributed by atoms with Crippen molar-refractivity contribution in [3.05, 3.63) is 65.5 Å². The number of aromatic nitrogens is 1. The van der Waals surface area contributed by atoms with Gasteiger partial charge in [0.25, 0.3) is 0 Å². The standard InChI is InChI=1S/C16H18F2N4/c1-2-19-16(21-10-12-5-7-13(17)8-6-12)22-11-15-14(18)4-3-9-20-15/h3-9H,2,10-11H2,1H3,(H2,19,21,22). The minimum atomic E-state index is -0.357. The Morgan fingerprint density at radius 3 is 2.59 bits per heavy atom. The number of hydrogen-bond acceptors (Lipinski definition) is 2. The molecule has 0 fully saturated rings. The summed E-state index contributed by atoms with van der Waals surface area (Å²) in [5.74, 6) is -0.0790. The molecule has 1 aromatic heterocycles. The molecule has 0 saturated heterocycles. The lowest BCUT2D eigenvalue weighted by molar-refractivity contribution is 0.592. The molecule has 22 heavy (non-hydrogen) atoms. The number of nitrogens with zero attached hydrogens (tertiary/aromatic N) is 2. The number of guanidine groups is 1. The van der Waals surface area contributed by atoms with E-state index in [0.717, 1.165) is 5.56 Å². The second-order valence-electron chi connectivity index (χ2n) is 4.61. The predicted molar refractivity (Wildman–Crippen MR) is 82.3 cm³/mol. The van der Waals surface area contributed by atoms with Gasteiger partial charge < -0.3 is 10.6 Å². The van der Waals surface area contributed by atoms with Gasteiger partial charge in [0.05, 0.1) is 18.8 Å². The highest BCUT2D eigenvalue weighted by molar-refractivity contribution is 5.79. The molecule has 4 nitrogen and oxygen atoms in total. The van der Waals surface area contributed by atoms with E-state index in [1.54, 1.807) is 24.4 Å². The number of hydrogen-bond donors (Lipinski definition) is 2. The number of nitrogens with one attached hydrogen (secondary N) is 2. The van der Waals surface area contributed by atoms with Crippen molar-refractivity contribution in [2.24, 2.45) is 4.99 Å². The summed E-state index contributed by atoms with van der Waals surface area (Å²) in [6.45, 7) is 3.26. The molecule has 1 heterocycles. The van der Waals surface area contributed by atoms with Crippen molar-refractivity contribution in [1.82, 2.24) is 15.6 Å². The molecule has 0 bridgehead atoms. The first-order valence-corrected chi connectivity index (χ1v) is 7.05. The Morgan fingerprint density at radius 1 is 1.14 bits per heavy atom. The van der Waals surface area contributed by atoms with Gasteiger partial charge in [-0.2, -0.15) is 0 Å². The zero-order valence-electron chi connectivity index (χ0n) is 12.3. The minimum absolute atomic E-state index is 0.238. The van der Waals surface area contributed by atoms with Crippen molar-refractivity contribution in [1.29, 1.82) is 0 Å². The molecule has 0 aliphatic carbocycles. The van der Waals surface area contributed by atoms with E-state index in [9.17, 15) is 8.78 Å². The van der Waals surface area contributed by atoms with E-state index in [4.69, 9.17) is 0 Å². The zero-order valence-corrected chi connectivity index (χ0v) is 12.3. The molecule has 2 N–H and O–H groups in total. The molecule has 0 aliphatic rings. The molecular formula is C16H18F2N4. The third kappa shape index (κ3) is 4.80. The highest BCUT2D eigenvalue weighted by atomic mass is 19.1. The molecule has 2 aromatic rings. The van der Waals surface area contributed by atoms with Gasteiger partial charge in [-0.15, -0.1) is 0 Å². The third-order valence-corrected chi connectivity index (χ3v) is 2.94. The Hall–Kier alpha value is -2.50. The predicted octanol–water partition coefficient (Wildman–Crippen LogP) is 2.62. The fraction of sp³-hybridized carbons (Fsp3) is 0.250. The summed E-state index contributed by atoms with van der Waals surface area (Å²) in [4.78, 5) is 8.36. The molecule has 0 amide bonds. The van der Waals surface area contributed by atoms with Crippen molar-refractivity contribution in [2.45, 2.75) is 20.0 Å². The summed E-state index contributed by atoms with van der Waals surface area (Å²) in [5, 5.41) is 6.09. The number of benzene rings is 1. The largest absolute Gasteiger partial charge is 0.357 e. The van der Waals surface area contributed by atoms with Gasteiger partial charge in [-0.1, -0.05) is 12.1 Å². The normalized spacial score (nSPS) is 11.3. The summed E-state index contributed by atoms with van der Waals surface area (Å²) in [5.41, 5.74) is 1.22. The minimum Gasteiger partial charge on any atom is -0.357 e. The van der Waals surface area contributed by atoms with Crippen LogP contribution in [0.2, 0.25) is 0 Å². The number of rotatable bonds is 5. The maximum atomic E-state index is 13.5. The van der Waals surface area contributed by atoms with Gasteiger partial charge in [-0.05, 0) is 36.8 Å². The van der Waals surface area contributed by atoms with Crippen LogP contribution in [0.4, 0.5) is 8.78 Å². The molecule has 1 aromatic carbocycles. The molecule has 0 atom stereocenters. The average molecular weight is 304 g/mol. The lowest BCUT2D eigenvalue weighted by Gasteiger charge is -2.11. The van der Waals surface area contributed by atoms with Gasteiger partial charge in [0, 0.05) is 12.7 Å². The van der Waals surface area contributed by atoms with E-state index in [0.29, 0.717) is 24.7 Å². The van der Waals surface area contributed by atoms with Gasteiger partial charge in [-0.25, -0.2) is 13.8 Å². The summed E-state index contributed by atoms with van der Waals surface area (Å²) < 4.78 is 26.4.